The standard InChI is InChI=1S/C15H24BrN3S/c1-18-6-7-19(2)11(10-18)9-17-13-4-3-5-14-12(13)8-15(16)20-14/h8,11,13,17H,3-7,9-10H2,1-2H3. The van der Waals surface area contributed by atoms with Gasteiger partial charge in [-0.15, -0.1) is 11.3 Å². The number of hydrogen-bond acceptors (Lipinski definition) is 4. The molecule has 0 saturated carbocycles. The second-order valence-corrected chi connectivity index (χ2v) is 8.69. The molecule has 0 radical (unpaired) electrons. The fraction of sp³-hybridized carbons (Fsp3) is 0.733. The van der Waals surface area contributed by atoms with Crippen LogP contribution in [-0.4, -0.2) is 56.1 Å². The average molecular weight is 358 g/mol. The van der Waals surface area contributed by atoms with Gasteiger partial charge in [0.15, 0.2) is 0 Å². The van der Waals surface area contributed by atoms with E-state index in [1.54, 1.807) is 10.4 Å². The number of nitrogens with one attached hydrogen (secondary N) is 1. The minimum atomic E-state index is 0.557. The molecule has 0 aromatic carbocycles. The predicted octanol–water partition coefficient (Wildman–Crippen LogP) is 2.72. The molecule has 1 aliphatic heterocycles. The minimum Gasteiger partial charge on any atom is -0.308 e. The summed E-state index contributed by atoms with van der Waals surface area (Å²) in [5, 5.41) is 3.83. The molecule has 0 spiro atoms. The van der Waals surface area contributed by atoms with Gasteiger partial charge in [-0.05, 0) is 60.9 Å². The molecule has 1 aromatic heterocycles. The monoisotopic (exact) mass is 357 g/mol. The van der Waals surface area contributed by atoms with Gasteiger partial charge in [-0.3, -0.25) is 4.90 Å². The van der Waals surface area contributed by atoms with Gasteiger partial charge in [-0.25, -0.2) is 0 Å². The average Bonchev–Trinajstić information content (AvgIpc) is 2.80. The molecule has 1 aliphatic carbocycles. The number of piperazine rings is 1. The minimum absolute atomic E-state index is 0.557. The summed E-state index contributed by atoms with van der Waals surface area (Å²) >= 11 is 5.56. The largest absolute Gasteiger partial charge is 0.308 e. The van der Waals surface area contributed by atoms with Gasteiger partial charge in [-0.1, -0.05) is 0 Å². The van der Waals surface area contributed by atoms with E-state index < -0.39 is 0 Å². The molecule has 1 fully saturated rings. The zero-order valence-corrected chi connectivity index (χ0v) is 14.8. The second kappa shape index (κ2) is 6.44. The van der Waals surface area contributed by atoms with Gasteiger partial charge in [-0.2, -0.15) is 0 Å². The van der Waals surface area contributed by atoms with Crippen molar-refractivity contribution in [3.8, 4) is 0 Å². The van der Waals surface area contributed by atoms with E-state index in [1.807, 2.05) is 11.3 Å². The third-order valence-corrected chi connectivity index (χ3v) is 6.38. The Bertz CT molecular complexity index is 462. The van der Waals surface area contributed by atoms with Crippen molar-refractivity contribution in [1.29, 1.82) is 0 Å². The van der Waals surface area contributed by atoms with Crippen molar-refractivity contribution >= 4 is 27.3 Å². The molecule has 1 aromatic rings. The number of halogens is 1. The van der Waals surface area contributed by atoms with Crippen LogP contribution in [0.15, 0.2) is 9.85 Å². The topological polar surface area (TPSA) is 18.5 Å². The highest BCUT2D eigenvalue weighted by atomic mass is 79.9. The van der Waals surface area contributed by atoms with E-state index in [0.717, 1.165) is 6.54 Å². The molecule has 2 aliphatic rings. The summed E-state index contributed by atoms with van der Waals surface area (Å²) in [6.07, 6.45) is 3.86. The van der Waals surface area contributed by atoms with E-state index in [0.29, 0.717) is 12.1 Å². The molecule has 112 valence electrons. The van der Waals surface area contributed by atoms with Crippen LogP contribution in [0.2, 0.25) is 0 Å². The summed E-state index contributed by atoms with van der Waals surface area (Å²) in [6.45, 7) is 4.65. The van der Waals surface area contributed by atoms with Gasteiger partial charge in [0.2, 0.25) is 0 Å². The first kappa shape index (κ1) is 15.0. The number of fused-ring (bicyclic) bond motifs is 1. The summed E-state index contributed by atoms with van der Waals surface area (Å²) in [4.78, 5) is 6.52. The van der Waals surface area contributed by atoms with E-state index >= 15 is 0 Å². The lowest BCUT2D eigenvalue weighted by Gasteiger charge is -2.38. The maximum absolute atomic E-state index is 3.83. The van der Waals surface area contributed by atoms with E-state index in [4.69, 9.17) is 0 Å². The molecule has 2 unspecified atom stereocenters. The Morgan fingerprint density at radius 1 is 1.40 bits per heavy atom. The third kappa shape index (κ3) is 3.28. The van der Waals surface area contributed by atoms with Crippen molar-refractivity contribution in [2.24, 2.45) is 0 Å². The van der Waals surface area contributed by atoms with Crippen LogP contribution in [0.3, 0.4) is 0 Å². The number of nitrogens with zero attached hydrogens (tertiary/aromatic N) is 2. The molecule has 0 bridgehead atoms. The first-order valence-corrected chi connectivity index (χ1v) is 9.14. The van der Waals surface area contributed by atoms with Crippen LogP contribution in [0.25, 0.3) is 0 Å². The van der Waals surface area contributed by atoms with Crippen LogP contribution in [0.1, 0.15) is 29.3 Å². The van der Waals surface area contributed by atoms with Crippen LogP contribution in [-0.2, 0) is 6.42 Å². The molecular formula is C15H24BrN3S. The van der Waals surface area contributed by atoms with Gasteiger partial charge in [0.25, 0.3) is 0 Å². The molecule has 3 nitrogen and oxygen atoms in total. The number of likely N-dealkylation sites (N-methyl/N-ethyl adjacent to an activating group) is 2. The summed E-state index contributed by atoms with van der Waals surface area (Å²) in [7, 11) is 4.49. The van der Waals surface area contributed by atoms with Crippen LogP contribution in [0.5, 0.6) is 0 Å². The SMILES string of the molecule is CN1CCN(C)C(CNC2CCCc3sc(Br)cc32)C1. The molecule has 1 N–H and O–H groups in total. The van der Waals surface area contributed by atoms with Crippen molar-refractivity contribution in [1.82, 2.24) is 15.1 Å². The number of aryl methyl sites for hydroxylation is 1. The van der Waals surface area contributed by atoms with E-state index in [9.17, 15) is 0 Å². The van der Waals surface area contributed by atoms with Crippen LogP contribution < -0.4 is 5.32 Å². The van der Waals surface area contributed by atoms with Gasteiger partial charge < -0.3 is 10.2 Å². The highest BCUT2D eigenvalue weighted by Crippen LogP contribution is 2.37. The van der Waals surface area contributed by atoms with Gasteiger partial charge in [0.1, 0.15) is 0 Å². The molecule has 20 heavy (non-hydrogen) atoms. The van der Waals surface area contributed by atoms with Gasteiger partial charge in [0.05, 0.1) is 3.79 Å². The quantitative estimate of drug-likeness (QED) is 0.896. The Labute approximate surface area is 134 Å². The Morgan fingerprint density at radius 2 is 2.25 bits per heavy atom. The lowest BCUT2D eigenvalue weighted by Crippen LogP contribution is -2.54. The summed E-state index contributed by atoms with van der Waals surface area (Å²) in [6, 6.07) is 3.52. The maximum Gasteiger partial charge on any atom is 0.0704 e. The second-order valence-electron chi connectivity index (χ2n) is 6.18. The molecule has 3 rings (SSSR count). The number of hydrogen-bond donors (Lipinski definition) is 1. The molecular weight excluding hydrogens is 334 g/mol. The maximum atomic E-state index is 3.83. The zero-order chi connectivity index (χ0) is 14.1. The van der Waals surface area contributed by atoms with Gasteiger partial charge >= 0.3 is 0 Å². The summed E-state index contributed by atoms with van der Waals surface area (Å²) < 4.78 is 1.28. The van der Waals surface area contributed by atoms with E-state index in [-0.39, 0.29) is 0 Å². The van der Waals surface area contributed by atoms with Crippen molar-refractivity contribution in [3.05, 3.63) is 20.3 Å². The Balaban J connectivity index is 1.61. The van der Waals surface area contributed by atoms with E-state index in [2.05, 4.69) is 51.2 Å². The van der Waals surface area contributed by atoms with Crippen LogP contribution >= 0.6 is 27.3 Å². The molecule has 0 amide bonds. The van der Waals surface area contributed by atoms with E-state index in [1.165, 1.54) is 42.7 Å². The van der Waals surface area contributed by atoms with Crippen LogP contribution in [0.4, 0.5) is 0 Å². The fourth-order valence-corrected chi connectivity index (χ4v) is 5.15. The summed E-state index contributed by atoms with van der Waals surface area (Å²) in [5.41, 5.74) is 1.54. The molecule has 5 heteroatoms. The molecule has 2 atom stereocenters. The van der Waals surface area contributed by atoms with Crippen molar-refractivity contribution in [2.75, 3.05) is 40.3 Å². The van der Waals surface area contributed by atoms with Crippen molar-refractivity contribution in [2.45, 2.75) is 31.3 Å². The highest BCUT2D eigenvalue weighted by molar-refractivity contribution is 9.11. The first-order valence-electron chi connectivity index (χ1n) is 7.54. The zero-order valence-electron chi connectivity index (χ0n) is 12.4. The normalized spacial score (nSPS) is 28.6. The van der Waals surface area contributed by atoms with Crippen molar-refractivity contribution < 1.29 is 0 Å². The number of thiophene rings is 1. The third-order valence-electron chi connectivity index (χ3n) is 4.66. The smallest absolute Gasteiger partial charge is 0.0704 e. The number of rotatable bonds is 3. The molecule has 1 saturated heterocycles. The Kier molecular flexibility index (Phi) is 4.82. The first-order chi connectivity index (χ1) is 9.63. The van der Waals surface area contributed by atoms with Crippen LogP contribution in [0, 0.1) is 0 Å². The lowest BCUT2D eigenvalue weighted by molar-refractivity contribution is 0.111. The predicted molar refractivity (Wildman–Crippen MR) is 89.6 cm³/mol. The Morgan fingerprint density at radius 3 is 3.10 bits per heavy atom. The lowest BCUT2D eigenvalue weighted by atomic mass is 9.94. The van der Waals surface area contributed by atoms with Gasteiger partial charge in [0, 0.05) is 43.1 Å². The summed E-state index contributed by atoms with van der Waals surface area (Å²) in [5.74, 6) is 0. The molecule has 2 heterocycles. The van der Waals surface area contributed by atoms with Crippen molar-refractivity contribution in [3.63, 3.8) is 0 Å². The Hall–Kier alpha value is 0.0600. The fourth-order valence-electron chi connectivity index (χ4n) is 3.33. The highest BCUT2D eigenvalue weighted by Gasteiger charge is 2.26.